The number of amides is 1. The van der Waals surface area contributed by atoms with Crippen molar-refractivity contribution in [2.75, 3.05) is 18.4 Å². The Labute approximate surface area is 153 Å². The minimum Gasteiger partial charge on any atom is -0.326 e. The number of aromatic amines is 1. The van der Waals surface area contributed by atoms with E-state index >= 15 is 0 Å². The van der Waals surface area contributed by atoms with Gasteiger partial charge in [-0.2, -0.15) is 9.40 Å². The average molecular weight is 376 g/mol. The molecule has 1 fully saturated rings. The summed E-state index contributed by atoms with van der Waals surface area (Å²) in [6, 6.07) is 7.62. The van der Waals surface area contributed by atoms with Gasteiger partial charge in [-0.25, -0.2) is 8.42 Å². The smallest absolute Gasteiger partial charge is 0.246 e. The van der Waals surface area contributed by atoms with Gasteiger partial charge in [0.05, 0.1) is 11.4 Å². The normalized spacial score (nSPS) is 16.6. The number of nitrogens with one attached hydrogen (secondary N) is 2. The number of aromatic nitrogens is 2. The zero-order chi connectivity index (χ0) is 18.9. The van der Waals surface area contributed by atoms with Gasteiger partial charge in [-0.05, 0) is 45.2 Å². The number of rotatable bonds is 4. The Balaban J connectivity index is 1.66. The van der Waals surface area contributed by atoms with Gasteiger partial charge in [0.1, 0.15) is 4.90 Å². The highest BCUT2D eigenvalue weighted by atomic mass is 32.2. The number of sulfonamides is 1. The Morgan fingerprint density at radius 3 is 2.42 bits per heavy atom. The van der Waals surface area contributed by atoms with Crippen molar-refractivity contribution in [3.05, 3.63) is 41.2 Å². The topological polar surface area (TPSA) is 95.2 Å². The van der Waals surface area contributed by atoms with E-state index in [9.17, 15) is 13.2 Å². The molecule has 1 aliphatic rings. The molecule has 0 unspecified atom stereocenters. The van der Waals surface area contributed by atoms with E-state index in [1.807, 2.05) is 31.2 Å². The summed E-state index contributed by atoms with van der Waals surface area (Å²) in [4.78, 5) is 12.8. The third kappa shape index (κ3) is 3.52. The van der Waals surface area contributed by atoms with Crippen LogP contribution in [-0.2, 0) is 14.8 Å². The Bertz CT molecular complexity index is 893. The maximum absolute atomic E-state index is 12.9. The van der Waals surface area contributed by atoms with E-state index in [-0.39, 0.29) is 16.7 Å². The highest BCUT2D eigenvalue weighted by Crippen LogP contribution is 2.27. The number of piperidine rings is 1. The van der Waals surface area contributed by atoms with E-state index in [1.165, 1.54) is 4.31 Å². The van der Waals surface area contributed by atoms with Crippen molar-refractivity contribution in [3.63, 3.8) is 0 Å². The minimum absolute atomic E-state index is 0.0491. The molecule has 1 aliphatic heterocycles. The standard InChI is InChI=1S/C18H24N4O3S/c1-12-6-4-5-7-16(12)19-18(23)15-8-10-22(11-9-15)26(24,25)17-13(2)20-21-14(17)3/h4-7,15H,8-11H2,1-3H3,(H,19,23)(H,20,21). The summed E-state index contributed by atoms with van der Waals surface area (Å²) in [5.41, 5.74) is 2.83. The molecule has 0 radical (unpaired) electrons. The first-order chi connectivity index (χ1) is 12.3. The van der Waals surface area contributed by atoms with Crippen LogP contribution in [0.1, 0.15) is 29.8 Å². The number of hydrogen-bond acceptors (Lipinski definition) is 4. The molecule has 2 heterocycles. The highest BCUT2D eigenvalue weighted by molar-refractivity contribution is 7.89. The van der Waals surface area contributed by atoms with Crippen molar-refractivity contribution in [1.29, 1.82) is 0 Å². The van der Waals surface area contributed by atoms with Gasteiger partial charge in [0.15, 0.2) is 0 Å². The van der Waals surface area contributed by atoms with Crippen LogP contribution in [0.3, 0.4) is 0 Å². The van der Waals surface area contributed by atoms with Crippen molar-refractivity contribution >= 4 is 21.6 Å². The van der Waals surface area contributed by atoms with Gasteiger partial charge in [-0.1, -0.05) is 18.2 Å². The van der Waals surface area contributed by atoms with Gasteiger partial charge in [-0.15, -0.1) is 0 Å². The molecular weight excluding hydrogens is 352 g/mol. The Kier molecular flexibility index (Phi) is 5.15. The number of H-pyrrole nitrogens is 1. The molecule has 0 saturated carbocycles. The molecule has 2 aromatic rings. The van der Waals surface area contributed by atoms with E-state index in [2.05, 4.69) is 15.5 Å². The Hall–Kier alpha value is -2.19. The van der Waals surface area contributed by atoms with Crippen LogP contribution in [0.15, 0.2) is 29.2 Å². The van der Waals surface area contributed by atoms with Crippen LogP contribution >= 0.6 is 0 Å². The summed E-state index contributed by atoms with van der Waals surface area (Å²) in [5.74, 6) is -0.236. The van der Waals surface area contributed by atoms with E-state index in [4.69, 9.17) is 0 Å². The summed E-state index contributed by atoms with van der Waals surface area (Å²) in [7, 11) is -3.59. The van der Waals surface area contributed by atoms with Crippen LogP contribution in [0.5, 0.6) is 0 Å². The molecule has 0 aliphatic carbocycles. The molecule has 1 aromatic carbocycles. The SMILES string of the molecule is Cc1ccccc1NC(=O)C1CCN(S(=O)(=O)c2c(C)n[nH]c2C)CC1. The number of benzene rings is 1. The van der Waals surface area contributed by atoms with Crippen molar-refractivity contribution < 1.29 is 13.2 Å². The van der Waals surface area contributed by atoms with Crippen LogP contribution in [0.25, 0.3) is 0 Å². The first-order valence-electron chi connectivity index (χ1n) is 8.69. The summed E-state index contributed by atoms with van der Waals surface area (Å²) in [6.45, 7) is 5.99. The fourth-order valence-electron chi connectivity index (χ4n) is 3.36. The lowest BCUT2D eigenvalue weighted by Gasteiger charge is -2.30. The molecule has 2 N–H and O–H groups in total. The van der Waals surface area contributed by atoms with Gasteiger partial charge in [-0.3, -0.25) is 9.89 Å². The largest absolute Gasteiger partial charge is 0.326 e. The number of aryl methyl sites for hydroxylation is 3. The van der Waals surface area contributed by atoms with Gasteiger partial charge in [0.25, 0.3) is 0 Å². The van der Waals surface area contributed by atoms with Crippen molar-refractivity contribution in [2.24, 2.45) is 5.92 Å². The van der Waals surface area contributed by atoms with Gasteiger partial charge < -0.3 is 5.32 Å². The molecular formula is C18H24N4O3S. The van der Waals surface area contributed by atoms with Gasteiger partial charge >= 0.3 is 0 Å². The zero-order valence-corrected chi connectivity index (χ0v) is 16.1. The average Bonchev–Trinajstić information content (AvgIpc) is 2.96. The second-order valence-corrected chi connectivity index (χ2v) is 8.62. The maximum atomic E-state index is 12.9. The van der Waals surface area contributed by atoms with E-state index in [0.29, 0.717) is 37.3 Å². The van der Waals surface area contributed by atoms with Crippen LogP contribution in [-0.4, -0.2) is 41.9 Å². The number of para-hydroxylation sites is 1. The number of anilines is 1. The van der Waals surface area contributed by atoms with Crippen LogP contribution in [0.4, 0.5) is 5.69 Å². The Morgan fingerprint density at radius 2 is 1.85 bits per heavy atom. The van der Waals surface area contributed by atoms with Crippen molar-refractivity contribution in [3.8, 4) is 0 Å². The van der Waals surface area contributed by atoms with Crippen molar-refractivity contribution in [2.45, 2.75) is 38.5 Å². The highest BCUT2D eigenvalue weighted by Gasteiger charge is 2.34. The summed E-state index contributed by atoms with van der Waals surface area (Å²) in [6.07, 6.45) is 1.01. The summed E-state index contributed by atoms with van der Waals surface area (Å²) in [5, 5.41) is 9.66. The molecule has 3 rings (SSSR count). The summed E-state index contributed by atoms with van der Waals surface area (Å²) >= 11 is 0. The third-order valence-corrected chi connectivity index (χ3v) is 7.05. The monoisotopic (exact) mass is 376 g/mol. The molecule has 8 heteroatoms. The van der Waals surface area contributed by atoms with E-state index in [0.717, 1.165) is 11.3 Å². The quantitative estimate of drug-likeness (QED) is 0.856. The zero-order valence-electron chi connectivity index (χ0n) is 15.2. The fraction of sp³-hybridized carbons (Fsp3) is 0.444. The number of carbonyl (C=O) groups is 1. The summed E-state index contributed by atoms with van der Waals surface area (Å²) < 4.78 is 27.2. The lowest BCUT2D eigenvalue weighted by atomic mass is 9.97. The molecule has 0 atom stereocenters. The second kappa shape index (κ2) is 7.20. The molecule has 0 spiro atoms. The number of hydrogen-bond donors (Lipinski definition) is 2. The third-order valence-electron chi connectivity index (χ3n) is 4.89. The molecule has 1 amide bonds. The van der Waals surface area contributed by atoms with Gasteiger partial charge in [0.2, 0.25) is 15.9 Å². The van der Waals surface area contributed by atoms with E-state index < -0.39 is 10.0 Å². The molecule has 1 saturated heterocycles. The van der Waals surface area contributed by atoms with E-state index in [1.54, 1.807) is 13.8 Å². The van der Waals surface area contributed by atoms with Crippen LogP contribution in [0, 0.1) is 26.7 Å². The van der Waals surface area contributed by atoms with Gasteiger partial charge in [0, 0.05) is 24.7 Å². The van der Waals surface area contributed by atoms with Crippen molar-refractivity contribution in [1.82, 2.24) is 14.5 Å². The maximum Gasteiger partial charge on any atom is 0.246 e. The molecule has 140 valence electrons. The molecule has 26 heavy (non-hydrogen) atoms. The lowest BCUT2D eigenvalue weighted by Crippen LogP contribution is -2.41. The minimum atomic E-state index is -3.59. The number of nitrogens with zero attached hydrogens (tertiary/aromatic N) is 2. The van der Waals surface area contributed by atoms with Crippen LogP contribution in [0.2, 0.25) is 0 Å². The number of carbonyl (C=O) groups excluding carboxylic acids is 1. The Morgan fingerprint density at radius 1 is 1.19 bits per heavy atom. The predicted octanol–water partition coefficient (Wildman–Crippen LogP) is 2.37. The molecule has 1 aromatic heterocycles. The second-order valence-electron chi connectivity index (χ2n) is 6.75. The first-order valence-corrected chi connectivity index (χ1v) is 10.1. The fourth-order valence-corrected chi connectivity index (χ4v) is 5.16. The molecule has 7 nitrogen and oxygen atoms in total. The first kappa shape index (κ1) is 18.6. The lowest BCUT2D eigenvalue weighted by molar-refractivity contribution is -0.120. The molecule has 0 bridgehead atoms. The predicted molar refractivity (Wildman–Crippen MR) is 99.4 cm³/mol. The van der Waals surface area contributed by atoms with Crippen LogP contribution < -0.4 is 5.32 Å².